The van der Waals surface area contributed by atoms with E-state index in [0.717, 1.165) is 12.8 Å². The van der Waals surface area contributed by atoms with E-state index in [1.807, 2.05) is 0 Å². The molecular weight excluding hydrogens is 328 g/mol. The van der Waals surface area contributed by atoms with Gasteiger partial charge in [-0.05, 0) is 66.9 Å². The molecule has 1 fully saturated rings. The van der Waals surface area contributed by atoms with Crippen molar-refractivity contribution in [2.24, 2.45) is 22.7 Å². The quantitative estimate of drug-likeness (QED) is 0.309. The summed E-state index contributed by atoms with van der Waals surface area (Å²) in [5.41, 5.74) is 1.98. The van der Waals surface area contributed by atoms with Crippen LogP contribution >= 0.6 is 0 Å². The van der Waals surface area contributed by atoms with Crippen LogP contribution in [-0.4, -0.2) is 21.6 Å². The summed E-state index contributed by atoms with van der Waals surface area (Å²) in [6.45, 7) is 9.22. The first-order valence-electron chi connectivity index (χ1n) is 9.50. The minimum atomic E-state index is -0.556. The van der Waals surface area contributed by atoms with Crippen LogP contribution in [0, 0.1) is 22.7 Å². The van der Waals surface area contributed by atoms with Crippen molar-refractivity contribution in [3.05, 3.63) is 28.8 Å². The van der Waals surface area contributed by atoms with Gasteiger partial charge in [0.25, 0.3) is 0 Å². The minimum absolute atomic E-state index is 0.113. The van der Waals surface area contributed by atoms with Crippen LogP contribution in [0.1, 0.15) is 69.3 Å². The van der Waals surface area contributed by atoms with Crippen molar-refractivity contribution in [1.29, 1.82) is 0 Å². The van der Waals surface area contributed by atoms with Gasteiger partial charge < -0.3 is 15.3 Å². The summed E-state index contributed by atoms with van der Waals surface area (Å²) in [5.74, 6) is -0.335. The molecule has 0 aliphatic heterocycles. The highest BCUT2D eigenvalue weighted by Crippen LogP contribution is 2.60. The predicted octanol–water partition coefficient (Wildman–Crippen LogP) is 4.96. The number of aromatic hydroxyl groups is 3. The third-order valence-corrected chi connectivity index (χ3v) is 7.21. The molecule has 0 heterocycles. The summed E-state index contributed by atoms with van der Waals surface area (Å²) < 4.78 is 0. The van der Waals surface area contributed by atoms with E-state index in [-0.39, 0.29) is 33.8 Å². The second-order valence-corrected chi connectivity index (χ2v) is 9.12. The topological polar surface area (TPSA) is 77.8 Å². The van der Waals surface area contributed by atoms with Crippen LogP contribution in [0.3, 0.4) is 0 Å². The molecule has 1 aromatic carbocycles. The van der Waals surface area contributed by atoms with Crippen LogP contribution in [0.4, 0.5) is 0 Å². The summed E-state index contributed by atoms with van der Waals surface area (Å²) in [7, 11) is 0. The smallest absolute Gasteiger partial charge is 0.171 e. The number of aldehydes is 1. The fraction of sp³-hybridized carbons (Fsp3) is 0.591. The fourth-order valence-electron chi connectivity index (χ4n) is 5.74. The van der Waals surface area contributed by atoms with Gasteiger partial charge in [0.1, 0.15) is 11.3 Å². The van der Waals surface area contributed by atoms with Crippen LogP contribution in [0.25, 0.3) is 0 Å². The highest BCUT2D eigenvalue weighted by molar-refractivity contribution is 5.86. The number of hydrogen-bond donors (Lipinski definition) is 3. The van der Waals surface area contributed by atoms with Crippen LogP contribution in [0.5, 0.6) is 17.2 Å². The molecule has 0 spiro atoms. The SMILES string of the molecule is CC1=CCC2C(C)(C)CCC[C@]2(C)[C@H]1Cc1cc(O)c(O)c(C=O)c1O. The Labute approximate surface area is 155 Å². The number of allylic oxidation sites excluding steroid dienone is 2. The standard InChI is InChI=1S/C22H30O4/c1-13-6-7-18-21(2,3)8-5-9-22(18,4)16(13)10-14-11-17(24)20(26)15(12-23)19(14)25/h6,11-12,16,18,24-26H,5,7-10H2,1-4H3/t16-,18?,22+/m0/s1. The summed E-state index contributed by atoms with van der Waals surface area (Å²) in [5, 5.41) is 30.3. The van der Waals surface area contributed by atoms with E-state index in [1.54, 1.807) is 0 Å². The first-order valence-corrected chi connectivity index (χ1v) is 9.50. The van der Waals surface area contributed by atoms with Crippen molar-refractivity contribution in [2.45, 2.75) is 59.8 Å². The Morgan fingerprint density at radius 3 is 2.50 bits per heavy atom. The van der Waals surface area contributed by atoms with E-state index in [1.165, 1.54) is 24.5 Å². The Kier molecular flexibility index (Phi) is 4.58. The Hall–Kier alpha value is -1.97. The lowest BCUT2D eigenvalue weighted by molar-refractivity contribution is -0.0369. The summed E-state index contributed by atoms with van der Waals surface area (Å²) in [4.78, 5) is 11.2. The van der Waals surface area contributed by atoms with Crippen molar-refractivity contribution in [1.82, 2.24) is 0 Å². The van der Waals surface area contributed by atoms with Crippen molar-refractivity contribution < 1.29 is 20.1 Å². The van der Waals surface area contributed by atoms with Gasteiger partial charge in [0.05, 0.1) is 0 Å². The van der Waals surface area contributed by atoms with Gasteiger partial charge in [0.2, 0.25) is 0 Å². The molecule has 4 heteroatoms. The Morgan fingerprint density at radius 2 is 1.85 bits per heavy atom. The molecule has 0 aromatic heterocycles. The van der Waals surface area contributed by atoms with E-state index < -0.39 is 5.75 Å². The molecule has 3 N–H and O–H groups in total. The lowest BCUT2D eigenvalue weighted by Gasteiger charge is -2.57. The van der Waals surface area contributed by atoms with Crippen LogP contribution in [0.2, 0.25) is 0 Å². The third kappa shape index (κ3) is 2.80. The molecule has 3 rings (SSSR count). The molecule has 26 heavy (non-hydrogen) atoms. The Morgan fingerprint density at radius 1 is 1.15 bits per heavy atom. The average molecular weight is 358 g/mol. The van der Waals surface area contributed by atoms with Crippen molar-refractivity contribution in [3.63, 3.8) is 0 Å². The molecule has 3 atom stereocenters. The zero-order valence-corrected chi connectivity index (χ0v) is 16.2. The fourth-order valence-corrected chi connectivity index (χ4v) is 5.74. The molecule has 1 saturated carbocycles. The van der Waals surface area contributed by atoms with Gasteiger partial charge in [0, 0.05) is 0 Å². The first kappa shape index (κ1) is 18.8. The van der Waals surface area contributed by atoms with Crippen LogP contribution < -0.4 is 0 Å². The average Bonchev–Trinajstić information content (AvgIpc) is 2.55. The molecule has 2 aliphatic carbocycles. The van der Waals surface area contributed by atoms with E-state index in [4.69, 9.17) is 0 Å². The minimum Gasteiger partial charge on any atom is -0.507 e. The van der Waals surface area contributed by atoms with E-state index in [2.05, 4.69) is 33.8 Å². The number of carbonyl (C=O) groups excluding carboxylic acids is 1. The Balaban J connectivity index is 2.04. The van der Waals surface area contributed by atoms with Gasteiger partial charge in [-0.2, -0.15) is 0 Å². The van der Waals surface area contributed by atoms with Crippen molar-refractivity contribution in [3.8, 4) is 17.2 Å². The molecule has 0 saturated heterocycles. The molecule has 2 aliphatic rings. The number of phenolic OH excluding ortho intramolecular Hbond substituents is 3. The van der Waals surface area contributed by atoms with Gasteiger partial charge in [0.15, 0.2) is 17.8 Å². The van der Waals surface area contributed by atoms with E-state index in [9.17, 15) is 20.1 Å². The number of rotatable bonds is 3. The molecule has 0 bridgehead atoms. The molecule has 0 amide bonds. The second kappa shape index (κ2) is 6.33. The normalized spacial score (nSPS) is 30.4. The van der Waals surface area contributed by atoms with Gasteiger partial charge in [-0.25, -0.2) is 0 Å². The van der Waals surface area contributed by atoms with Crippen molar-refractivity contribution >= 4 is 6.29 Å². The zero-order chi connectivity index (χ0) is 19.3. The van der Waals surface area contributed by atoms with Crippen LogP contribution in [-0.2, 0) is 6.42 Å². The van der Waals surface area contributed by atoms with Gasteiger partial charge in [-0.1, -0.05) is 38.8 Å². The lowest BCUT2D eigenvalue weighted by atomic mass is 9.48. The number of benzene rings is 1. The number of carbonyl (C=O) groups is 1. The van der Waals surface area contributed by atoms with Gasteiger partial charge in [-0.3, -0.25) is 4.79 Å². The lowest BCUT2D eigenvalue weighted by Crippen LogP contribution is -2.49. The van der Waals surface area contributed by atoms with Gasteiger partial charge in [-0.15, -0.1) is 0 Å². The molecule has 1 unspecified atom stereocenters. The largest absolute Gasteiger partial charge is 0.507 e. The molecule has 1 aromatic rings. The molecule has 142 valence electrons. The number of hydrogen-bond acceptors (Lipinski definition) is 4. The van der Waals surface area contributed by atoms with Crippen molar-refractivity contribution in [2.75, 3.05) is 0 Å². The maximum Gasteiger partial charge on any atom is 0.171 e. The predicted molar refractivity (Wildman–Crippen MR) is 102 cm³/mol. The Bertz CT molecular complexity index is 762. The molecular formula is C22H30O4. The second-order valence-electron chi connectivity index (χ2n) is 9.12. The van der Waals surface area contributed by atoms with E-state index >= 15 is 0 Å². The van der Waals surface area contributed by atoms with Gasteiger partial charge >= 0.3 is 0 Å². The maximum atomic E-state index is 11.2. The maximum absolute atomic E-state index is 11.2. The zero-order valence-electron chi connectivity index (χ0n) is 16.2. The van der Waals surface area contributed by atoms with E-state index in [0.29, 0.717) is 24.2 Å². The van der Waals surface area contributed by atoms with Crippen LogP contribution in [0.15, 0.2) is 17.7 Å². The number of phenols is 3. The monoisotopic (exact) mass is 358 g/mol. The third-order valence-electron chi connectivity index (χ3n) is 7.21. The summed E-state index contributed by atoms with van der Waals surface area (Å²) in [6.07, 6.45) is 7.91. The number of fused-ring (bicyclic) bond motifs is 1. The highest BCUT2D eigenvalue weighted by atomic mass is 16.3. The highest BCUT2D eigenvalue weighted by Gasteiger charge is 2.51. The first-order chi connectivity index (χ1) is 12.1. The summed E-state index contributed by atoms with van der Waals surface area (Å²) in [6, 6.07) is 1.39. The summed E-state index contributed by atoms with van der Waals surface area (Å²) >= 11 is 0. The molecule has 4 nitrogen and oxygen atoms in total. The molecule has 0 radical (unpaired) electrons.